The van der Waals surface area contributed by atoms with Crippen molar-refractivity contribution in [3.63, 3.8) is 0 Å². The van der Waals surface area contributed by atoms with E-state index in [4.69, 9.17) is 16.3 Å². The second kappa shape index (κ2) is 3.99. The van der Waals surface area contributed by atoms with Crippen molar-refractivity contribution in [1.29, 1.82) is 0 Å². The number of methoxy groups -OCH3 is 1. The molecular formula is C6H7ClN4O2. The molecule has 0 bridgehead atoms. The van der Waals surface area contributed by atoms with Crippen LogP contribution >= 0.6 is 11.6 Å². The van der Waals surface area contributed by atoms with Gasteiger partial charge in [0.05, 0.1) is 7.11 Å². The van der Waals surface area contributed by atoms with E-state index < -0.39 is 0 Å². The van der Waals surface area contributed by atoms with Crippen molar-refractivity contribution in [3.8, 4) is 6.01 Å². The molecule has 1 amide bonds. The highest BCUT2D eigenvalue weighted by Gasteiger charge is 2.05. The van der Waals surface area contributed by atoms with Crippen LogP contribution in [0.2, 0.25) is 5.28 Å². The molecule has 0 unspecified atom stereocenters. The first-order valence-electron chi connectivity index (χ1n) is 3.35. The standard InChI is InChI=1S/C6H7ClN4O2/c1-3(12)8-5-9-4(7)10-6(11-5)13-2/h1-2H3,(H,8,9,10,11,12). The van der Waals surface area contributed by atoms with Crippen LogP contribution in [0.25, 0.3) is 0 Å². The van der Waals surface area contributed by atoms with Gasteiger partial charge in [0.2, 0.25) is 17.1 Å². The molecule has 7 heteroatoms. The zero-order chi connectivity index (χ0) is 9.84. The molecule has 0 aliphatic heterocycles. The molecule has 70 valence electrons. The van der Waals surface area contributed by atoms with E-state index in [0.29, 0.717) is 0 Å². The van der Waals surface area contributed by atoms with E-state index in [2.05, 4.69) is 20.3 Å². The Labute approximate surface area is 79.3 Å². The highest BCUT2D eigenvalue weighted by molar-refractivity contribution is 6.28. The van der Waals surface area contributed by atoms with Crippen LogP contribution in [0.5, 0.6) is 6.01 Å². The molecule has 0 saturated heterocycles. The molecule has 0 saturated carbocycles. The summed E-state index contributed by atoms with van der Waals surface area (Å²) in [6.45, 7) is 1.34. The van der Waals surface area contributed by atoms with Crippen molar-refractivity contribution >= 4 is 23.5 Å². The quantitative estimate of drug-likeness (QED) is 0.755. The van der Waals surface area contributed by atoms with Crippen molar-refractivity contribution in [1.82, 2.24) is 15.0 Å². The fourth-order valence-electron chi connectivity index (χ4n) is 0.637. The van der Waals surface area contributed by atoms with E-state index in [-0.39, 0.29) is 23.1 Å². The first-order valence-corrected chi connectivity index (χ1v) is 3.73. The number of hydrogen-bond acceptors (Lipinski definition) is 5. The number of hydrogen-bond donors (Lipinski definition) is 1. The highest BCUT2D eigenvalue weighted by atomic mass is 35.5. The number of rotatable bonds is 2. The van der Waals surface area contributed by atoms with E-state index in [1.54, 1.807) is 0 Å². The van der Waals surface area contributed by atoms with Crippen molar-refractivity contribution in [2.75, 3.05) is 12.4 Å². The van der Waals surface area contributed by atoms with Crippen LogP contribution in [0.3, 0.4) is 0 Å². The number of nitrogens with one attached hydrogen (secondary N) is 1. The second-order valence-electron chi connectivity index (χ2n) is 2.10. The fraction of sp³-hybridized carbons (Fsp3) is 0.333. The summed E-state index contributed by atoms with van der Waals surface area (Å²) in [4.78, 5) is 21.6. The van der Waals surface area contributed by atoms with Gasteiger partial charge < -0.3 is 4.74 Å². The van der Waals surface area contributed by atoms with Crippen LogP contribution in [-0.4, -0.2) is 28.0 Å². The number of nitrogens with zero attached hydrogens (tertiary/aromatic N) is 3. The summed E-state index contributed by atoms with van der Waals surface area (Å²) in [6, 6.07) is 0.0590. The van der Waals surface area contributed by atoms with Gasteiger partial charge in [-0.15, -0.1) is 0 Å². The minimum Gasteiger partial charge on any atom is -0.467 e. The second-order valence-corrected chi connectivity index (χ2v) is 2.43. The third kappa shape index (κ3) is 2.83. The van der Waals surface area contributed by atoms with E-state index >= 15 is 0 Å². The minimum atomic E-state index is -0.288. The number of amides is 1. The van der Waals surface area contributed by atoms with Gasteiger partial charge >= 0.3 is 6.01 Å². The zero-order valence-electron chi connectivity index (χ0n) is 7.04. The SMILES string of the molecule is COc1nc(Cl)nc(NC(C)=O)n1. The molecule has 0 aliphatic carbocycles. The van der Waals surface area contributed by atoms with Gasteiger partial charge in [0.15, 0.2) is 0 Å². The van der Waals surface area contributed by atoms with E-state index in [1.807, 2.05) is 0 Å². The molecule has 1 N–H and O–H groups in total. The van der Waals surface area contributed by atoms with Gasteiger partial charge in [-0.25, -0.2) is 0 Å². The summed E-state index contributed by atoms with van der Waals surface area (Å²) < 4.78 is 4.72. The zero-order valence-corrected chi connectivity index (χ0v) is 7.79. The summed E-state index contributed by atoms with van der Waals surface area (Å²) in [5, 5.41) is 2.32. The number of carbonyl (C=O) groups excluding carboxylic acids is 1. The molecule has 6 nitrogen and oxygen atoms in total. The van der Waals surface area contributed by atoms with Crippen LogP contribution in [0.4, 0.5) is 5.95 Å². The fourth-order valence-corrected chi connectivity index (χ4v) is 0.789. The summed E-state index contributed by atoms with van der Waals surface area (Å²) in [5.74, 6) is -0.214. The maximum Gasteiger partial charge on any atom is 0.322 e. The Bertz CT molecular complexity index is 330. The smallest absolute Gasteiger partial charge is 0.322 e. The third-order valence-corrected chi connectivity index (χ3v) is 1.23. The molecule has 1 rings (SSSR count). The molecule has 1 aromatic rings. The van der Waals surface area contributed by atoms with Crippen molar-refractivity contribution < 1.29 is 9.53 Å². The summed E-state index contributed by atoms with van der Waals surface area (Å²) >= 11 is 5.52. The van der Waals surface area contributed by atoms with E-state index in [1.165, 1.54) is 14.0 Å². The lowest BCUT2D eigenvalue weighted by molar-refractivity contribution is -0.114. The van der Waals surface area contributed by atoms with Gasteiger partial charge in [0.25, 0.3) is 0 Å². The Kier molecular flexibility index (Phi) is 2.97. The Morgan fingerprint density at radius 3 is 2.69 bits per heavy atom. The first-order chi connectivity index (χ1) is 6.11. The Hall–Kier alpha value is -1.43. The van der Waals surface area contributed by atoms with Gasteiger partial charge in [-0.05, 0) is 11.6 Å². The molecule has 0 radical (unpaired) electrons. The average Bonchev–Trinajstić information content (AvgIpc) is 2.01. The lowest BCUT2D eigenvalue weighted by atomic mass is 10.7. The van der Waals surface area contributed by atoms with Gasteiger partial charge in [0, 0.05) is 6.92 Å². The van der Waals surface area contributed by atoms with Crippen molar-refractivity contribution in [3.05, 3.63) is 5.28 Å². The Balaban J connectivity index is 2.94. The molecule has 0 atom stereocenters. The van der Waals surface area contributed by atoms with Gasteiger partial charge in [-0.1, -0.05) is 0 Å². The monoisotopic (exact) mass is 202 g/mol. The molecule has 0 aromatic carbocycles. The van der Waals surface area contributed by atoms with Crippen LogP contribution in [0.15, 0.2) is 0 Å². The molecule has 13 heavy (non-hydrogen) atoms. The topological polar surface area (TPSA) is 77.0 Å². The van der Waals surface area contributed by atoms with Crippen LogP contribution in [-0.2, 0) is 4.79 Å². The lowest BCUT2D eigenvalue weighted by Gasteiger charge is -2.01. The highest BCUT2D eigenvalue weighted by Crippen LogP contribution is 2.10. The average molecular weight is 203 g/mol. The molecule has 0 aliphatic rings. The summed E-state index contributed by atoms with van der Waals surface area (Å²) in [7, 11) is 1.39. The van der Waals surface area contributed by atoms with E-state index in [0.717, 1.165) is 0 Å². The number of halogens is 1. The van der Waals surface area contributed by atoms with Gasteiger partial charge in [-0.3, -0.25) is 10.1 Å². The Morgan fingerprint density at radius 1 is 1.46 bits per heavy atom. The normalized spacial score (nSPS) is 9.46. The number of carbonyl (C=O) groups is 1. The number of aromatic nitrogens is 3. The predicted molar refractivity (Wildman–Crippen MR) is 45.7 cm³/mol. The van der Waals surface area contributed by atoms with E-state index in [9.17, 15) is 4.79 Å². The molecule has 0 fully saturated rings. The van der Waals surface area contributed by atoms with Gasteiger partial charge in [-0.2, -0.15) is 15.0 Å². The Morgan fingerprint density at radius 2 is 2.15 bits per heavy atom. The maximum absolute atomic E-state index is 10.6. The summed E-state index contributed by atoms with van der Waals surface area (Å²) in [6.07, 6.45) is 0. The van der Waals surface area contributed by atoms with Crippen molar-refractivity contribution in [2.24, 2.45) is 0 Å². The predicted octanol–water partition coefficient (Wildman–Crippen LogP) is 0.492. The maximum atomic E-state index is 10.6. The molecule has 1 heterocycles. The summed E-state index contributed by atoms with van der Waals surface area (Å²) in [5.41, 5.74) is 0. The minimum absolute atomic E-state index is 0.0319. The van der Waals surface area contributed by atoms with Crippen LogP contribution in [0.1, 0.15) is 6.92 Å². The van der Waals surface area contributed by atoms with Crippen LogP contribution < -0.4 is 10.1 Å². The third-order valence-electron chi connectivity index (χ3n) is 1.06. The van der Waals surface area contributed by atoms with Crippen molar-refractivity contribution in [2.45, 2.75) is 6.92 Å². The molecule has 0 spiro atoms. The largest absolute Gasteiger partial charge is 0.467 e. The lowest BCUT2D eigenvalue weighted by Crippen LogP contribution is -2.10. The number of ether oxygens (including phenoxy) is 1. The van der Waals surface area contributed by atoms with Gasteiger partial charge in [0.1, 0.15) is 0 Å². The van der Waals surface area contributed by atoms with Crippen LogP contribution in [0, 0.1) is 0 Å². The number of anilines is 1. The molecular weight excluding hydrogens is 196 g/mol. The first kappa shape index (κ1) is 9.66. The molecule has 1 aromatic heterocycles.